The second kappa shape index (κ2) is 10.3. The smallest absolute Gasteiger partial charge is 0.274 e. The number of alkyl halides is 3. The molecule has 0 unspecified atom stereocenters. The molecule has 3 rings (SSSR count). The van der Waals surface area contributed by atoms with Crippen molar-refractivity contribution in [1.29, 1.82) is 0 Å². The van der Waals surface area contributed by atoms with E-state index in [4.69, 9.17) is 15.9 Å². The summed E-state index contributed by atoms with van der Waals surface area (Å²) in [6, 6.07) is 11.2. The number of aromatic nitrogens is 2. The number of amides is 1. The van der Waals surface area contributed by atoms with Crippen molar-refractivity contribution >= 4 is 39.6 Å². The monoisotopic (exact) mass is 533 g/mol. The number of halogens is 4. The first-order valence-corrected chi connectivity index (χ1v) is 11.8. The third kappa shape index (κ3) is 6.04. The summed E-state index contributed by atoms with van der Waals surface area (Å²) in [7, 11) is -2.79. The van der Waals surface area contributed by atoms with Crippen LogP contribution in [0.1, 0.15) is 12.7 Å². The number of rotatable bonds is 7. The van der Waals surface area contributed by atoms with E-state index in [0.717, 1.165) is 19.0 Å². The van der Waals surface area contributed by atoms with Crippen LogP contribution < -0.4 is 4.72 Å². The lowest BCUT2D eigenvalue weighted by molar-refractivity contribution is -0.160. The van der Waals surface area contributed by atoms with Gasteiger partial charge >= 0.3 is 6.18 Å². The number of sulfonamides is 1. The van der Waals surface area contributed by atoms with E-state index in [1.165, 1.54) is 43.5 Å². The zero-order chi connectivity index (χ0) is 25.1. The number of carbonyl (C=O) groups excluding carboxylic acids is 1. The second-order valence-corrected chi connectivity index (χ2v) is 9.40. The lowest BCUT2D eigenvalue weighted by Crippen LogP contribution is -2.28. The Bertz CT molecular complexity index is 1300. The highest BCUT2D eigenvalue weighted by Crippen LogP contribution is 2.39. The topological polar surface area (TPSA) is 107 Å². The summed E-state index contributed by atoms with van der Waals surface area (Å²) in [5, 5.41) is -0.476. The molecule has 0 spiro atoms. The van der Waals surface area contributed by atoms with Crippen LogP contribution in [0.15, 0.2) is 58.3 Å². The van der Waals surface area contributed by atoms with Crippen molar-refractivity contribution in [2.45, 2.75) is 22.9 Å². The normalized spacial score (nSPS) is 11.9. The largest absolute Gasteiger partial charge is 0.451 e. The van der Waals surface area contributed by atoms with Crippen molar-refractivity contribution in [2.75, 3.05) is 7.11 Å². The summed E-state index contributed by atoms with van der Waals surface area (Å²) in [4.78, 5) is 23.1. The number of hydrogen-bond donors (Lipinski definition) is 1. The first kappa shape index (κ1) is 25.9. The van der Waals surface area contributed by atoms with E-state index >= 15 is 0 Å². The molecule has 1 heterocycles. The van der Waals surface area contributed by atoms with Gasteiger partial charge in [0.25, 0.3) is 10.0 Å². The van der Waals surface area contributed by atoms with Gasteiger partial charge in [-0.15, -0.1) is 0 Å². The van der Waals surface area contributed by atoms with Gasteiger partial charge in [-0.3, -0.25) is 4.79 Å². The van der Waals surface area contributed by atoms with Gasteiger partial charge in [0.2, 0.25) is 11.7 Å². The average molecular weight is 534 g/mol. The Morgan fingerprint density at radius 2 is 1.62 bits per heavy atom. The zero-order valence-electron chi connectivity index (χ0n) is 17.4. The fraction of sp³-hybridized carbons (Fsp3) is 0.150. The van der Waals surface area contributed by atoms with Gasteiger partial charge < -0.3 is 0 Å². The Hall–Kier alpha value is -2.71. The van der Waals surface area contributed by atoms with Crippen LogP contribution in [0.3, 0.4) is 0 Å². The van der Waals surface area contributed by atoms with Crippen LogP contribution in [-0.2, 0) is 30.2 Å². The molecule has 8 nitrogen and oxygen atoms in total. The minimum atomic E-state index is -4.85. The van der Waals surface area contributed by atoms with E-state index in [9.17, 15) is 26.4 Å². The molecule has 0 fully saturated rings. The molecule has 180 valence electrons. The maximum atomic E-state index is 13.4. The summed E-state index contributed by atoms with van der Waals surface area (Å²) in [6.07, 6.45) is -4.85. The van der Waals surface area contributed by atoms with Crippen LogP contribution in [0.25, 0.3) is 22.4 Å². The van der Waals surface area contributed by atoms with E-state index in [1.807, 2.05) is 4.72 Å². The molecule has 0 saturated carbocycles. The Kier molecular flexibility index (Phi) is 7.83. The molecule has 0 bridgehead atoms. The summed E-state index contributed by atoms with van der Waals surface area (Å²) in [5.74, 6) is -2.20. The lowest BCUT2D eigenvalue weighted by Gasteiger charge is -2.15. The van der Waals surface area contributed by atoms with E-state index in [2.05, 4.69) is 14.9 Å². The van der Waals surface area contributed by atoms with E-state index < -0.39 is 33.1 Å². The van der Waals surface area contributed by atoms with E-state index in [1.54, 1.807) is 12.1 Å². The van der Waals surface area contributed by atoms with Gasteiger partial charge in [0.15, 0.2) is 0 Å². The average Bonchev–Trinajstić information content (AvgIpc) is 2.76. The van der Waals surface area contributed by atoms with Crippen LogP contribution in [0.2, 0.25) is 5.15 Å². The molecule has 14 heteroatoms. The standard InChI is InChI=1S/C20H15ClF3N3O5S2/c1-11(28)27-34(29,30)15-9-5-12(6-10-15)16-17(25-19(20(22,23)24)26-18(16)21)13-3-7-14(8-4-13)33-32-31-2/h3-10H,1-2H3,(H,27,28). The molecular formula is C20H15ClF3N3O5S2. The minimum absolute atomic E-state index is 0.0617. The number of benzene rings is 2. The highest BCUT2D eigenvalue weighted by Gasteiger charge is 2.36. The Balaban J connectivity index is 2.13. The summed E-state index contributed by atoms with van der Waals surface area (Å²) >= 11 is 7.05. The molecule has 0 aliphatic rings. The highest BCUT2D eigenvalue weighted by atomic mass is 35.5. The Morgan fingerprint density at radius 3 is 2.15 bits per heavy atom. The zero-order valence-corrected chi connectivity index (χ0v) is 19.8. The summed E-state index contributed by atoms with van der Waals surface area (Å²) in [6.45, 7) is 1.04. The van der Waals surface area contributed by atoms with Crippen LogP contribution in [0.5, 0.6) is 0 Å². The van der Waals surface area contributed by atoms with Crippen molar-refractivity contribution in [3.8, 4) is 22.4 Å². The van der Waals surface area contributed by atoms with E-state index in [-0.39, 0.29) is 21.7 Å². The van der Waals surface area contributed by atoms with Crippen molar-refractivity contribution in [3.05, 3.63) is 59.5 Å². The highest BCUT2D eigenvalue weighted by molar-refractivity contribution is 7.94. The number of carbonyl (C=O) groups is 1. The summed E-state index contributed by atoms with van der Waals surface area (Å²) < 4.78 is 71.0. The second-order valence-electron chi connectivity index (χ2n) is 6.59. The van der Waals surface area contributed by atoms with E-state index in [0.29, 0.717) is 10.5 Å². The molecule has 0 atom stereocenters. The Labute approximate surface area is 201 Å². The van der Waals surface area contributed by atoms with Gasteiger partial charge in [-0.05, 0) is 29.8 Å². The third-order valence-corrected chi connectivity index (χ3v) is 6.57. The predicted molar refractivity (Wildman–Crippen MR) is 118 cm³/mol. The number of hydrogen-bond acceptors (Lipinski definition) is 8. The molecular weight excluding hydrogens is 519 g/mol. The van der Waals surface area contributed by atoms with Crippen molar-refractivity contribution in [3.63, 3.8) is 0 Å². The summed E-state index contributed by atoms with van der Waals surface area (Å²) in [5.41, 5.74) is 0.499. The van der Waals surface area contributed by atoms with Crippen LogP contribution in [-0.4, -0.2) is 31.4 Å². The molecule has 1 aromatic heterocycles. The van der Waals surface area contributed by atoms with Crippen LogP contribution in [0, 0.1) is 0 Å². The molecule has 2 aromatic carbocycles. The predicted octanol–water partition coefficient (Wildman–Crippen LogP) is 4.89. The van der Waals surface area contributed by atoms with Gasteiger partial charge in [0.1, 0.15) is 5.15 Å². The maximum absolute atomic E-state index is 13.4. The molecule has 1 amide bonds. The third-order valence-electron chi connectivity index (χ3n) is 4.18. The molecule has 0 radical (unpaired) electrons. The molecule has 0 aliphatic heterocycles. The first-order chi connectivity index (χ1) is 15.9. The molecule has 3 aromatic rings. The Morgan fingerprint density at radius 1 is 1.03 bits per heavy atom. The van der Waals surface area contributed by atoms with Crippen molar-refractivity contribution in [1.82, 2.24) is 14.7 Å². The van der Waals surface area contributed by atoms with Gasteiger partial charge in [-0.1, -0.05) is 35.9 Å². The van der Waals surface area contributed by atoms with Crippen LogP contribution >= 0.6 is 23.6 Å². The van der Waals surface area contributed by atoms with Gasteiger partial charge in [0, 0.05) is 22.9 Å². The molecule has 1 N–H and O–H groups in total. The lowest BCUT2D eigenvalue weighted by atomic mass is 10.0. The molecule has 34 heavy (non-hydrogen) atoms. The van der Waals surface area contributed by atoms with Crippen molar-refractivity contribution in [2.24, 2.45) is 0 Å². The minimum Gasteiger partial charge on any atom is -0.274 e. The number of nitrogens with zero attached hydrogens (tertiary/aromatic N) is 2. The quantitative estimate of drug-likeness (QED) is 0.198. The SMILES string of the molecule is COOSc1ccc(-c2nc(C(F)(F)F)nc(Cl)c2-c2ccc(S(=O)(=O)NC(C)=O)cc2)cc1. The fourth-order valence-electron chi connectivity index (χ4n) is 2.82. The number of nitrogens with one attached hydrogen (secondary N) is 1. The van der Waals surface area contributed by atoms with Crippen LogP contribution in [0.4, 0.5) is 13.2 Å². The van der Waals surface area contributed by atoms with Gasteiger partial charge in [0.05, 0.1) is 29.7 Å². The maximum Gasteiger partial charge on any atom is 0.451 e. The van der Waals surface area contributed by atoms with Gasteiger partial charge in [-0.25, -0.2) is 28.0 Å². The van der Waals surface area contributed by atoms with Gasteiger partial charge in [-0.2, -0.15) is 17.5 Å². The first-order valence-electron chi connectivity index (χ1n) is 9.18. The molecule has 0 saturated heterocycles. The van der Waals surface area contributed by atoms with Crippen molar-refractivity contribution < 1.29 is 35.6 Å². The molecule has 0 aliphatic carbocycles. The fourth-order valence-corrected chi connectivity index (χ4v) is 4.48.